The van der Waals surface area contributed by atoms with Gasteiger partial charge in [0.05, 0.1) is 18.3 Å². The minimum Gasteiger partial charge on any atom is -0.481 e. The smallest absolute Gasteiger partial charge is 0.308 e. The number of hydrogen-bond acceptors (Lipinski definition) is 6. The predicted molar refractivity (Wildman–Crippen MR) is 61.1 cm³/mol. The molecule has 0 aromatic carbocycles. The molecule has 3 heterocycles. The lowest BCUT2D eigenvalue weighted by Crippen LogP contribution is -2.39. The molecule has 0 amide bonds. The van der Waals surface area contributed by atoms with Crippen LogP contribution in [0.3, 0.4) is 0 Å². The zero-order valence-electron chi connectivity index (χ0n) is 9.60. The molecular formula is C10H12N6O2. The van der Waals surface area contributed by atoms with E-state index in [0.717, 1.165) is 18.8 Å². The van der Waals surface area contributed by atoms with Crippen LogP contribution in [0.4, 0.5) is 5.82 Å². The summed E-state index contributed by atoms with van der Waals surface area (Å²) >= 11 is 0. The molecular weight excluding hydrogens is 236 g/mol. The van der Waals surface area contributed by atoms with E-state index in [1.54, 1.807) is 16.9 Å². The fourth-order valence-electron chi connectivity index (χ4n) is 2.27. The Morgan fingerprint density at radius 1 is 1.44 bits per heavy atom. The molecule has 0 bridgehead atoms. The summed E-state index contributed by atoms with van der Waals surface area (Å²) in [5.74, 6) is -0.356. The summed E-state index contributed by atoms with van der Waals surface area (Å²) in [6.45, 7) is 1.26. The molecule has 3 rings (SSSR count). The van der Waals surface area contributed by atoms with Crippen molar-refractivity contribution in [3.8, 4) is 0 Å². The number of rotatable bonds is 2. The highest BCUT2D eigenvalue weighted by atomic mass is 16.4. The van der Waals surface area contributed by atoms with E-state index >= 15 is 0 Å². The van der Waals surface area contributed by atoms with Crippen LogP contribution < -0.4 is 4.90 Å². The van der Waals surface area contributed by atoms with Gasteiger partial charge in [0.25, 0.3) is 0 Å². The van der Waals surface area contributed by atoms with Crippen LogP contribution in [0.2, 0.25) is 0 Å². The number of piperidine rings is 1. The average Bonchev–Trinajstić information content (AvgIpc) is 2.87. The second-order valence-electron chi connectivity index (χ2n) is 4.34. The number of hydrogen-bond donors (Lipinski definition) is 1. The molecule has 1 fully saturated rings. The molecule has 1 aliphatic rings. The fraction of sp³-hybridized carbons (Fsp3) is 0.500. The van der Waals surface area contributed by atoms with Crippen molar-refractivity contribution < 1.29 is 9.90 Å². The van der Waals surface area contributed by atoms with E-state index in [1.165, 1.54) is 0 Å². The Morgan fingerprint density at radius 3 is 3.17 bits per heavy atom. The summed E-state index contributed by atoms with van der Waals surface area (Å²) in [7, 11) is 0. The van der Waals surface area contributed by atoms with Crippen LogP contribution in [0.25, 0.3) is 5.65 Å². The van der Waals surface area contributed by atoms with Gasteiger partial charge >= 0.3 is 5.97 Å². The maximum atomic E-state index is 11.1. The number of fused-ring (bicyclic) bond motifs is 1. The molecule has 8 nitrogen and oxygen atoms in total. The number of carboxylic acid groups (broad SMARTS) is 1. The number of tetrazole rings is 1. The van der Waals surface area contributed by atoms with Crippen molar-refractivity contribution in [1.82, 2.24) is 25.0 Å². The number of nitrogens with zero attached hydrogens (tertiary/aromatic N) is 6. The van der Waals surface area contributed by atoms with Gasteiger partial charge in [-0.2, -0.15) is 4.52 Å². The predicted octanol–water partition coefficient (Wildman–Crippen LogP) is -0.180. The molecule has 1 unspecified atom stereocenters. The SMILES string of the molecule is O=C(O)C1CCCN(c2cncc3nnnn23)C1. The number of carboxylic acids is 1. The van der Waals surface area contributed by atoms with Crippen molar-refractivity contribution in [2.75, 3.05) is 18.0 Å². The van der Waals surface area contributed by atoms with Gasteiger partial charge in [-0.05, 0) is 23.3 Å². The Balaban J connectivity index is 1.94. The van der Waals surface area contributed by atoms with Crippen LogP contribution in [0.5, 0.6) is 0 Å². The third-order valence-electron chi connectivity index (χ3n) is 3.19. The van der Waals surface area contributed by atoms with Crippen molar-refractivity contribution in [3.63, 3.8) is 0 Å². The second-order valence-corrected chi connectivity index (χ2v) is 4.34. The van der Waals surface area contributed by atoms with E-state index in [0.29, 0.717) is 18.6 Å². The number of aromatic nitrogens is 5. The third-order valence-corrected chi connectivity index (χ3v) is 3.19. The van der Waals surface area contributed by atoms with Crippen LogP contribution in [-0.2, 0) is 4.79 Å². The molecule has 0 spiro atoms. The number of anilines is 1. The van der Waals surface area contributed by atoms with E-state index in [4.69, 9.17) is 5.11 Å². The maximum Gasteiger partial charge on any atom is 0.308 e. The number of carbonyl (C=O) groups is 1. The maximum absolute atomic E-state index is 11.1. The standard InChI is InChI=1S/C10H12N6O2/c17-10(18)7-2-1-3-15(6-7)9-5-11-4-8-12-13-14-16(8)9/h4-5,7H,1-3,6H2,(H,17,18). The monoisotopic (exact) mass is 248 g/mol. The topological polar surface area (TPSA) is 96.5 Å². The summed E-state index contributed by atoms with van der Waals surface area (Å²) in [6, 6.07) is 0. The van der Waals surface area contributed by atoms with Gasteiger partial charge in [0.2, 0.25) is 0 Å². The van der Waals surface area contributed by atoms with Crippen LogP contribution in [0.1, 0.15) is 12.8 Å². The first-order valence-electron chi connectivity index (χ1n) is 5.75. The minimum atomic E-state index is -0.753. The molecule has 18 heavy (non-hydrogen) atoms. The van der Waals surface area contributed by atoms with Crippen molar-refractivity contribution in [2.24, 2.45) is 5.92 Å². The van der Waals surface area contributed by atoms with E-state index in [2.05, 4.69) is 20.5 Å². The first-order chi connectivity index (χ1) is 8.75. The molecule has 0 saturated carbocycles. The van der Waals surface area contributed by atoms with E-state index in [-0.39, 0.29) is 5.92 Å². The summed E-state index contributed by atoms with van der Waals surface area (Å²) in [6.07, 6.45) is 4.79. The van der Waals surface area contributed by atoms with Gasteiger partial charge in [-0.1, -0.05) is 0 Å². The molecule has 8 heteroatoms. The molecule has 1 aliphatic heterocycles. The number of aliphatic carboxylic acids is 1. The van der Waals surface area contributed by atoms with E-state index in [1.807, 2.05) is 4.90 Å². The zero-order chi connectivity index (χ0) is 12.5. The highest BCUT2D eigenvalue weighted by Gasteiger charge is 2.27. The molecule has 1 N–H and O–H groups in total. The second kappa shape index (κ2) is 4.21. The molecule has 1 saturated heterocycles. The van der Waals surface area contributed by atoms with Crippen LogP contribution in [0.15, 0.2) is 12.4 Å². The van der Waals surface area contributed by atoms with Gasteiger partial charge in [0.15, 0.2) is 11.5 Å². The Kier molecular flexibility index (Phi) is 2.54. The third kappa shape index (κ3) is 1.75. The minimum absolute atomic E-state index is 0.342. The Labute approximate surface area is 102 Å². The van der Waals surface area contributed by atoms with Gasteiger partial charge in [-0.3, -0.25) is 9.78 Å². The molecule has 2 aromatic rings. The first-order valence-corrected chi connectivity index (χ1v) is 5.75. The molecule has 94 valence electrons. The first kappa shape index (κ1) is 10.9. The van der Waals surface area contributed by atoms with E-state index in [9.17, 15) is 4.79 Å². The highest BCUT2D eigenvalue weighted by Crippen LogP contribution is 2.22. The van der Waals surface area contributed by atoms with Crippen molar-refractivity contribution in [3.05, 3.63) is 12.4 Å². The van der Waals surface area contributed by atoms with Gasteiger partial charge in [-0.25, -0.2) is 0 Å². The van der Waals surface area contributed by atoms with E-state index < -0.39 is 5.97 Å². The summed E-state index contributed by atoms with van der Waals surface area (Å²) in [5, 5.41) is 20.4. The molecule has 0 aliphatic carbocycles. The van der Waals surface area contributed by atoms with Crippen LogP contribution in [-0.4, -0.2) is 49.2 Å². The summed E-state index contributed by atoms with van der Waals surface area (Å²) < 4.78 is 1.58. The fourth-order valence-corrected chi connectivity index (χ4v) is 2.27. The lowest BCUT2D eigenvalue weighted by atomic mass is 9.98. The van der Waals surface area contributed by atoms with Gasteiger partial charge in [0.1, 0.15) is 0 Å². The quantitative estimate of drug-likeness (QED) is 0.787. The van der Waals surface area contributed by atoms with Crippen molar-refractivity contribution >= 4 is 17.4 Å². The van der Waals surface area contributed by atoms with Crippen LogP contribution >= 0.6 is 0 Å². The lowest BCUT2D eigenvalue weighted by Gasteiger charge is -2.31. The van der Waals surface area contributed by atoms with Gasteiger partial charge in [0, 0.05) is 13.1 Å². The largest absolute Gasteiger partial charge is 0.481 e. The van der Waals surface area contributed by atoms with Crippen LogP contribution in [0, 0.1) is 5.92 Å². The molecule has 0 radical (unpaired) electrons. The van der Waals surface area contributed by atoms with Crippen molar-refractivity contribution in [2.45, 2.75) is 12.8 Å². The van der Waals surface area contributed by atoms with Gasteiger partial charge < -0.3 is 10.0 Å². The Hall–Kier alpha value is -2.25. The van der Waals surface area contributed by atoms with Gasteiger partial charge in [-0.15, -0.1) is 5.10 Å². The zero-order valence-corrected chi connectivity index (χ0v) is 9.60. The molecule has 2 aromatic heterocycles. The highest BCUT2D eigenvalue weighted by molar-refractivity contribution is 5.71. The summed E-state index contributed by atoms with van der Waals surface area (Å²) in [4.78, 5) is 17.1. The Morgan fingerprint density at radius 2 is 2.33 bits per heavy atom. The van der Waals surface area contributed by atoms with Crippen molar-refractivity contribution in [1.29, 1.82) is 0 Å². The average molecular weight is 248 g/mol. The normalized spacial score (nSPS) is 20.2. The lowest BCUT2D eigenvalue weighted by molar-refractivity contribution is -0.141. The Bertz CT molecular complexity index is 583. The summed E-state index contributed by atoms with van der Waals surface area (Å²) in [5.41, 5.74) is 0.560. The molecule has 1 atom stereocenters.